The molecule has 0 saturated heterocycles. The molecule has 0 bridgehead atoms. The van der Waals surface area contributed by atoms with Crippen molar-refractivity contribution in [1.29, 1.82) is 0 Å². The van der Waals surface area contributed by atoms with Crippen molar-refractivity contribution in [2.24, 2.45) is 23.3 Å². The molecule has 2 aliphatic carbocycles. The highest BCUT2D eigenvalue weighted by atomic mass is 15.0. The van der Waals surface area contributed by atoms with Crippen molar-refractivity contribution in [1.82, 2.24) is 0 Å². The van der Waals surface area contributed by atoms with Gasteiger partial charge in [-0.1, -0.05) is 70.6 Å². The van der Waals surface area contributed by atoms with Gasteiger partial charge in [0.15, 0.2) is 0 Å². The van der Waals surface area contributed by atoms with Crippen molar-refractivity contribution in [2.45, 2.75) is 89.1 Å². The molecule has 0 aliphatic heterocycles. The van der Waals surface area contributed by atoms with Crippen LogP contribution in [0.15, 0.2) is 0 Å². The van der Waals surface area contributed by atoms with Gasteiger partial charge in [0, 0.05) is 0 Å². The third-order valence-electron chi connectivity index (χ3n) is 5.28. The van der Waals surface area contributed by atoms with Gasteiger partial charge in [-0.15, -0.1) is 0 Å². The summed E-state index contributed by atoms with van der Waals surface area (Å²) >= 11 is 0. The lowest BCUT2D eigenvalue weighted by molar-refractivity contribution is 0.127. The van der Waals surface area contributed by atoms with Crippen LogP contribution in [0.1, 0.15) is 83.5 Å². The summed E-state index contributed by atoms with van der Waals surface area (Å²) in [6.07, 6.45) is 17.4. The minimum Gasteiger partial charge on any atom is -0.313 e. The highest BCUT2D eigenvalue weighted by Gasteiger charge is 2.36. The number of nitrogens with two attached hydrogens (primary N) is 2. The molecule has 0 spiro atoms. The Bertz CT molecular complexity index is 229. The van der Waals surface area contributed by atoms with Gasteiger partial charge in [-0.2, -0.15) is 0 Å². The molecule has 2 fully saturated rings. The molecular weight excluding hydrogens is 220 g/mol. The average Bonchev–Trinajstić information content (AvgIpc) is 2.27. The average molecular weight is 252 g/mol. The molecule has 4 N–H and O–H groups in total. The van der Waals surface area contributed by atoms with Gasteiger partial charge in [-0.25, -0.2) is 0 Å². The third-order valence-corrected chi connectivity index (χ3v) is 5.28. The second-order valence-electron chi connectivity index (χ2n) is 6.78. The van der Waals surface area contributed by atoms with Crippen LogP contribution in [0.5, 0.6) is 0 Å². The summed E-state index contributed by atoms with van der Waals surface area (Å²) in [5.74, 6) is 1.38. The van der Waals surface area contributed by atoms with Crippen LogP contribution in [0, 0.1) is 11.8 Å². The largest absolute Gasteiger partial charge is 0.313 e. The molecule has 18 heavy (non-hydrogen) atoms. The fourth-order valence-electron chi connectivity index (χ4n) is 4.17. The van der Waals surface area contributed by atoms with Gasteiger partial charge in [0.1, 0.15) is 0 Å². The predicted octanol–water partition coefficient (Wildman–Crippen LogP) is 3.93. The van der Waals surface area contributed by atoms with Gasteiger partial charge in [0.2, 0.25) is 0 Å². The van der Waals surface area contributed by atoms with Crippen molar-refractivity contribution < 1.29 is 0 Å². The molecule has 1 atom stereocenters. The number of hydrogen-bond donors (Lipinski definition) is 2. The topological polar surface area (TPSA) is 52.0 Å². The molecule has 2 aliphatic rings. The highest BCUT2D eigenvalue weighted by molar-refractivity contribution is 4.91. The molecule has 2 saturated carbocycles. The van der Waals surface area contributed by atoms with Crippen LogP contribution in [0.25, 0.3) is 0 Å². The van der Waals surface area contributed by atoms with Crippen LogP contribution in [0.3, 0.4) is 0 Å². The van der Waals surface area contributed by atoms with E-state index in [1.807, 2.05) is 0 Å². The fourth-order valence-corrected chi connectivity index (χ4v) is 4.17. The van der Waals surface area contributed by atoms with Crippen molar-refractivity contribution in [2.75, 3.05) is 0 Å². The van der Waals surface area contributed by atoms with Gasteiger partial charge < -0.3 is 11.5 Å². The summed E-state index contributed by atoms with van der Waals surface area (Å²) in [6, 6.07) is 0. The summed E-state index contributed by atoms with van der Waals surface area (Å²) in [7, 11) is 0. The third kappa shape index (κ3) is 3.96. The Morgan fingerprint density at radius 3 is 1.78 bits per heavy atom. The van der Waals surface area contributed by atoms with Crippen molar-refractivity contribution >= 4 is 0 Å². The van der Waals surface area contributed by atoms with E-state index in [-0.39, 0.29) is 5.66 Å². The number of rotatable bonds is 1. The molecule has 106 valence electrons. The zero-order chi connectivity index (χ0) is 12.8. The zero-order valence-corrected chi connectivity index (χ0v) is 12.0. The molecular formula is C16H32N2. The normalized spacial score (nSPS) is 32.0. The second kappa shape index (κ2) is 6.91. The van der Waals surface area contributed by atoms with Gasteiger partial charge in [-0.3, -0.25) is 0 Å². The smallest absolute Gasteiger partial charge is 0.0668 e. The molecule has 2 heteroatoms. The Kier molecular flexibility index (Phi) is 5.50. The standard InChI is InChI=1S/C16H32N2/c17-16(18)13-9-5-4-8-12-15(16)14-10-6-2-1-3-7-11-14/h14-15H,1-13,17-18H2. The minimum atomic E-state index is -0.385. The summed E-state index contributed by atoms with van der Waals surface area (Å²) in [6.45, 7) is 0. The van der Waals surface area contributed by atoms with Crippen molar-refractivity contribution in [3.05, 3.63) is 0 Å². The Balaban J connectivity index is 2.00. The summed E-state index contributed by atoms with van der Waals surface area (Å²) in [4.78, 5) is 0. The van der Waals surface area contributed by atoms with Crippen LogP contribution in [0.2, 0.25) is 0 Å². The van der Waals surface area contributed by atoms with E-state index in [1.165, 1.54) is 77.0 Å². The fraction of sp³-hybridized carbons (Fsp3) is 1.00. The monoisotopic (exact) mass is 252 g/mol. The van der Waals surface area contributed by atoms with Crippen LogP contribution in [0.4, 0.5) is 0 Å². The Hall–Kier alpha value is -0.0800. The van der Waals surface area contributed by atoms with Gasteiger partial charge in [-0.05, 0) is 24.7 Å². The van der Waals surface area contributed by atoms with Gasteiger partial charge >= 0.3 is 0 Å². The molecule has 0 heterocycles. The van der Waals surface area contributed by atoms with Crippen LogP contribution in [-0.4, -0.2) is 5.66 Å². The van der Waals surface area contributed by atoms with Crippen LogP contribution >= 0.6 is 0 Å². The Morgan fingerprint density at radius 2 is 1.11 bits per heavy atom. The number of hydrogen-bond acceptors (Lipinski definition) is 2. The zero-order valence-electron chi connectivity index (χ0n) is 12.0. The van der Waals surface area contributed by atoms with Crippen molar-refractivity contribution in [3.63, 3.8) is 0 Å². The first-order valence-corrected chi connectivity index (χ1v) is 8.28. The maximum atomic E-state index is 6.49. The molecule has 2 rings (SSSR count). The molecule has 0 aromatic carbocycles. The lowest BCUT2D eigenvalue weighted by Gasteiger charge is -2.41. The SMILES string of the molecule is NC1(N)CCCCCCC1C1CCCCCCC1. The molecule has 0 aromatic rings. The lowest BCUT2D eigenvalue weighted by Crippen LogP contribution is -2.58. The van der Waals surface area contributed by atoms with Gasteiger partial charge in [0.25, 0.3) is 0 Å². The molecule has 0 radical (unpaired) electrons. The molecule has 1 unspecified atom stereocenters. The van der Waals surface area contributed by atoms with E-state index < -0.39 is 0 Å². The van der Waals surface area contributed by atoms with E-state index >= 15 is 0 Å². The summed E-state index contributed by atoms with van der Waals surface area (Å²) < 4.78 is 0. The summed E-state index contributed by atoms with van der Waals surface area (Å²) in [5, 5.41) is 0. The molecule has 0 amide bonds. The molecule has 2 nitrogen and oxygen atoms in total. The van der Waals surface area contributed by atoms with E-state index in [9.17, 15) is 0 Å². The van der Waals surface area contributed by atoms with E-state index in [1.54, 1.807) is 0 Å². The Morgan fingerprint density at radius 1 is 0.611 bits per heavy atom. The first-order valence-electron chi connectivity index (χ1n) is 8.28. The van der Waals surface area contributed by atoms with E-state index in [0.29, 0.717) is 5.92 Å². The van der Waals surface area contributed by atoms with E-state index in [4.69, 9.17) is 11.5 Å². The summed E-state index contributed by atoms with van der Waals surface area (Å²) in [5.41, 5.74) is 12.6. The lowest BCUT2D eigenvalue weighted by atomic mass is 9.71. The van der Waals surface area contributed by atoms with Crippen molar-refractivity contribution in [3.8, 4) is 0 Å². The van der Waals surface area contributed by atoms with E-state index in [2.05, 4.69) is 0 Å². The molecule has 0 aromatic heterocycles. The highest BCUT2D eigenvalue weighted by Crippen LogP contribution is 2.38. The van der Waals surface area contributed by atoms with Crippen LogP contribution < -0.4 is 11.5 Å². The Labute approximate surface area is 113 Å². The maximum absolute atomic E-state index is 6.49. The first kappa shape index (κ1) is 14.3. The van der Waals surface area contributed by atoms with E-state index in [0.717, 1.165) is 12.3 Å². The van der Waals surface area contributed by atoms with Gasteiger partial charge in [0.05, 0.1) is 5.66 Å². The maximum Gasteiger partial charge on any atom is 0.0668 e. The second-order valence-corrected chi connectivity index (χ2v) is 6.78. The predicted molar refractivity (Wildman–Crippen MR) is 78.1 cm³/mol. The first-order chi connectivity index (χ1) is 8.70. The quantitative estimate of drug-likeness (QED) is 0.695. The van der Waals surface area contributed by atoms with Crippen LogP contribution in [-0.2, 0) is 0 Å². The minimum absolute atomic E-state index is 0.385.